The number of thioether (sulfide) groups is 1. The first kappa shape index (κ1) is 14.7. The Morgan fingerprint density at radius 3 is 2.89 bits per heavy atom. The summed E-state index contributed by atoms with van der Waals surface area (Å²) in [6.07, 6.45) is 2.36. The molecule has 1 aromatic carbocycles. The van der Waals surface area contributed by atoms with Crippen molar-refractivity contribution < 1.29 is 14.6 Å². The van der Waals surface area contributed by atoms with E-state index in [0.29, 0.717) is 0 Å². The fourth-order valence-electron chi connectivity index (χ4n) is 2.14. The van der Waals surface area contributed by atoms with Crippen LogP contribution in [0.2, 0.25) is 5.02 Å². The Morgan fingerprint density at radius 2 is 2.32 bits per heavy atom. The van der Waals surface area contributed by atoms with E-state index in [1.54, 1.807) is 23.9 Å². The summed E-state index contributed by atoms with van der Waals surface area (Å²) in [6.45, 7) is 4.20. The van der Waals surface area contributed by atoms with Crippen molar-refractivity contribution >= 4 is 29.3 Å². The van der Waals surface area contributed by atoms with Gasteiger partial charge in [-0.1, -0.05) is 11.6 Å². The average molecular weight is 301 g/mol. The van der Waals surface area contributed by atoms with Crippen molar-refractivity contribution in [2.45, 2.75) is 43.3 Å². The topological polar surface area (TPSA) is 46.5 Å². The Kier molecular flexibility index (Phi) is 4.43. The van der Waals surface area contributed by atoms with Crippen LogP contribution >= 0.6 is 23.4 Å². The zero-order valence-electron chi connectivity index (χ0n) is 11.0. The highest BCUT2D eigenvalue weighted by atomic mass is 35.5. The van der Waals surface area contributed by atoms with E-state index in [1.807, 2.05) is 6.07 Å². The summed E-state index contributed by atoms with van der Waals surface area (Å²) in [6, 6.07) is 5.10. The molecule has 104 valence electrons. The van der Waals surface area contributed by atoms with E-state index in [1.165, 1.54) is 0 Å². The quantitative estimate of drug-likeness (QED) is 0.851. The Balaban J connectivity index is 1.97. The number of rotatable bonds is 4. The summed E-state index contributed by atoms with van der Waals surface area (Å²) in [4.78, 5) is 11.9. The minimum absolute atomic E-state index is 0.0303. The lowest BCUT2D eigenvalue weighted by Crippen LogP contribution is -2.21. The fraction of sp³-hybridized carbons (Fsp3) is 0.500. The highest BCUT2D eigenvalue weighted by Crippen LogP contribution is 2.33. The Labute approximate surface area is 122 Å². The molecule has 1 aliphatic rings. The molecule has 0 aliphatic carbocycles. The van der Waals surface area contributed by atoms with Gasteiger partial charge in [-0.05, 0) is 44.9 Å². The van der Waals surface area contributed by atoms with Crippen molar-refractivity contribution in [3.05, 3.63) is 28.8 Å². The number of carbonyl (C=O) groups is 1. The predicted molar refractivity (Wildman–Crippen MR) is 77.3 cm³/mol. The number of aromatic carboxylic acids is 1. The summed E-state index contributed by atoms with van der Waals surface area (Å²) < 4.78 is 5.91. The van der Waals surface area contributed by atoms with Gasteiger partial charge >= 0.3 is 5.97 Å². The summed E-state index contributed by atoms with van der Waals surface area (Å²) >= 11 is 7.45. The van der Waals surface area contributed by atoms with Crippen LogP contribution in [0.25, 0.3) is 0 Å². The molecule has 1 aromatic rings. The van der Waals surface area contributed by atoms with E-state index in [2.05, 4.69) is 13.8 Å². The third-order valence-electron chi connectivity index (χ3n) is 3.16. The molecule has 1 heterocycles. The molecular formula is C14H17ClO3S. The molecule has 0 amide bonds. The van der Waals surface area contributed by atoms with Crippen LogP contribution in [0.3, 0.4) is 0 Å². The molecule has 1 saturated heterocycles. The third kappa shape index (κ3) is 3.88. The average Bonchev–Trinajstić information content (AvgIpc) is 2.67. The molecule has 0 saturated carbocycles. The van der Waals surface area contributed by atoms with Crippen molar-refractivity contribution in [3.8, 4) is 0 Å². The molecular weight excluding hydrogens is 284 g/mol. The lowest BCUT2D eigenvalue weighted by Gasteiger charge is -2.19. The highest BCUT2D eigenvalue weighted by molar-refractivity contribution is 7.99. The van der Waals surface area contributed by atoms with Gasteiger partial charge in [-0.15, -0.1) is 11.8 Å². The molecule has 0 bridgehead atoms. The number of hydrogen-bond donors (Lipinski definition) is 1. The van der Waals surface area contributed by atoms with Gasteiger partial charge in [-0.25, -0.2) is 4.79 Å². The van der Waals surface area contributed by atoms with E-state index in [9.17, 15) is 4.79 Å². The zero-order valence-corrected chi connectivity index (χ0v) is 12.6. The fourth-order valence-corrected chi connectivity index (χ4v) is 3.32. The van der Waals surface area contributed by atoms with Crippen LogP contribution in [0.1, 0.15) is 37.0 Å². The van der Waals surface area contributed by atoms with Gasteiger partial charge in [0.05, 0.1) is 22.3 Å². The van der Waals surface area contributed by atoms with Gasteiger partial charge in [0.1, 0.15) is 0 Å². The second kappa shape index (κ2) is 5.73. The zero-order chi connectivity index (χ0) is 14.0. The van der Waals surface area contributed by atoms with Gasteiger partial charge in [0, 0.05) is 10.6 Å². The third-order valence-corrected chi connectivity index (χ3v) is 4.61. The molecule has 2 rings (SSSR count). The van der Waals surface area contributed by atoms with Crippen molar-refractivity contribution in [3.63, 3.8) is 0 Å². The minimum Gasteiger partial charge on any atom is -0.478 e. The Morgan fingerprint density at radius 1 is 1.58 bits per heavy atom. The van der Waals surface area contributed by atoms with Crippen molar-refractivity contribution in [2.75, 3.05) is 5.75 Å². The van der Waals surface area contributed by atoms with E-state index in [-0.39, 0.29) is 22.3 Å². The summed E-state index contributed by atoms with van der Waals surface area (Å²) in [5.41, 5.74) is 0.122. The monoisotopic (exact) mass is 300 g/mol. The SMILES string of the molecule is CC1(C)CCC(CSc2ccc(Cl)c(C(=O)O)c2)O1. The molecule has 3 nitrogen and oxygen atoms in total. The van der Waals surface area contributed by atoms with Crippen LogP contribution in [0.15, 0.2) is 23.1 Å². The molecule has 1 aliphatic heterocycles. The van der Waals surface area contributed by atoms with E-state index in [0.717, 1.165) is 23.5 Å². The molecule has 0 radical (unpaired) electrons. The Hall–Kier alpha value is -0.710. The largest absolute Gasteiger partial charge is 0.478 e. The molecule has 1 fully saturated rings. The van der Waals surface area contributed by atoms with Gasteiger partial charge in [-0.3, -0.25) is 0 Å². The maximum Gasteiger partial charge on any atom is 0.337 e. The maximum atomic E-state index is 11.0. The highest BCUT2D eigenvalue weighted by Gasteiger charge is 2.31. The number of hydrogen-bond acceptors (Lipinski definition) is 3. The van der Waals surface area contributed by atoms with Crippen LogP contribution in [-0.2, 0) is 4.74 Å². The van der Waals surface area contributed by atoms with Gasteiger partial charge in [-0.2, -0.15) is 0 Å². The molecule has 1 N–H and O–H groups in total. The summed E-state index contributed by atoms with van der Waals surface area (Å²) in [7, 11) is 0. The first-order valence-corrected chi connectivity index (χ1v) is 7.57. The predicted octanol–water partition coefficient (Wildman–Crippen LogP) is 4.09. The lowest BCUT2D eigenvalue weighted by atomic mass is 10.1. The van der Waals surface area contributed by atoms with E-state index >= 15 is 0 Å². The minimum atomic E-state index is -0.995. The number of ether oxygens (including phenoxy) is 1. The van der Waals surface area contributed by atoms with Crippen molar-refractivity contribution in [1.82, 2.24) is 0 Å². The van der Waals surface area contributed by atoms with Gasteiger partial charge < -0.3 is 9.84 Å². The smallest absolute Gasteiger partial charge is 0.337 e. The Bertz CT molecular complexity index is 488. The van der Waals surface area contributed by atoms with E-state index in [4.69, 9.17) is 21.4 Å². The first-order chi connectivity index (χ1) is 8.87. The molecule has 0 spiro atoms. The molecule has 0 aromatic heterocycles. The van der Waals surface area contributed by atoms with Crippen molar-refractivity contribution in [2.24, 2.45) is 0 Å². The molecule has 19 heavy (non-hydrogen) atoms. The second-order valence-corrected chi connectivity index (χ2v) is 6.80. The van der Waals surface area contributed by atoms with Crippen molar-refractivity contribution in [1.29, 1.82) is 0 Å². The summed E-state index contributed by atoms with van der Waals surface area (Å²) in [5, 5.41) is 9.29. The van der Waals surface area contributed by atoms with Gasteiger partial charge in [0.2, 0.25) is 0 Å². The molecule has 5 heteroatoms. The van der Waals surface area contributed by atoms with Crippen LogP contribution in [0.5, 0.6) is 0 Å². The van der Waals surface area contributed by atoms with Crippen LogP contribution in [0, 0.1) is 0 Å². The van der Waals surface area contributed by atoms with Crippen LogP contribution in [-0.4, -0.2) is 28.5 Å². The van der Waals surface area contributed by atoms with Gasteiger partial charge in [0.25, 0.3) is 0 Å². The van der Waals surface area contributed by atoms with Crippen LogP contribution < -0.4 is 0 Å². The first-order valence-electron chi connectivity index (χ1n) is 6.21. The number of carboxylic acid groups (broad SMARTS) is 1. The molecule has 1 atom stereocenters. The maximum absolute atomic E-state index is 11.0. The van der Waals surface area contributed by atoms with Crippen LogP contribution in [0.4, 0.5) is 0 Å². The van der Waals surface area contributed by atoms with Gasteiger partial charge in [0.15, 0.2) is 0 Å². The van der Waals surface area contributed by atoms with E-state index < -0.39 is 5.97 Å². The standard InChI is InChI=1S/C14H17ClO3S/c1-14(2)6-5-9(18-14)8-19-10-3-4-12(15)11(7-10)13(16)17/h3-4,7,9H,5-6,8H2,1-2H3,(H,16,17). The normalized spacial score (nSPS) is 21.5. The molecule has 1 unspecified atom stereocenters. The number of halogens is 1. The number of carboxylic acids is 1. The summed E-state index contributed by atoms with van der Waals surface area (Å²) in [5.74, 6) is -0.157. The lowest BCUT2D eigenvalue weighted by molar-refractivity contribution is -0.00466. The number of benzene rings is 1. The second-order valence-electron chi connectivity index (χ2n) is 5.30.